The number of ether oxygens (including phenoxy) is 3. The largest absolute Gasteiger partial charge is 0.493 e. The molecule has 2 rings (SSSR count). The lowest BCUT2D eigenvalue weighted by atomic mass is 10.2. The Labute approximate surface area is 126 Å². The maximum absolute atomic E-state index is 12.0. The average molecular weight is 312 g/mol. The van der Waals surface area contributed by atoms with E-state index in [1.165, 1.54) is 26.4 Å². The van der Waals surface area contributed by atoms with E-state index in [0.717, 1.165) is 5.69 Å². The zero-order valence-electron chi connectivity index (χ0n) is 11.8. The molecule has 0 radical (unpaired) electrons. The minimum absolute atomic E-state index is 0.00830. The van der Waals surface area contributed by atoms with Crippen molar-refractivity contribution in [1.82, 2.24) is 5.16 Å². The number of halogens is 1. The minimum Gasteiger partial charge on any atom is -0.493 e. The standard InChI is InChI=1S/C14H14ClNO5/c1-8-4-10(21-16-8)7-20-14(17)9-5-11(15)13(19-3)12(6-9)18-2/h4-6H,7H2,1-3H3. The fraction of sp³-hybridized carbons (Fsp3) is 0.286. The van der Waals surface area contributed by atoms with E-state index in [2.05, 4.69) is 5.16 Å². The van der Waals surface area contributed by atoms with E-state index in [9.17, 15) is 4.79 Å². The van der Waals surface area contributed by atoms with Gasteiger partial charge in [0.2, 0.25) is 0 Å². The summed E-state index contributed by atoms with van der Waals surface area (Å²) in [4.78, 5) is 12.0. The molecule has 0 N–H and O–H groups in total. The first kappa shape index (κ1) is 15.2. The summed E-state index contributed by atoms with van der Waals surface area (Å²) in [7, 11) is 2.93. The zero-order chi connectivity index (χ0) is 15.4. The van der Waals surface area contributed by atoms with Crippen LogP contribution in [0.2, 0.25) is 5.02 Å². The molecular formula is C14H14ClNO5. The van der Waals surface area contributed by atoms with Gasteiger partial charge in [0.1, 0.15) is 0 Å². The van der Waals surface area contributed by atoms with E-state index in [4.69, 9.17) is 30.3 Å². The van der Waals surface area contributed by atoms with Crippen LogP contribution in [0.15, 0.2) is 22.7 Å². The molecule has 0 unspecified atom stereocenters. The van der Waals surface area contributed by atoms with Crippen molar-refractivity contribution in [2.45, 2.75) is 13.5 Å². The van der Waals surface area contributed by atoms with Crippen LogP contribution >= 0.6 is 11.6 Å². The molecular weight excluding hydrogens is 298 g/mol. The lowest BCUT2D eigenvalue weighted by Crippen LogP contribution is -2.06. The molecule has 1 heterocycles. The quantitative estimate of drug-likeness (QED) is 0.790. The number of esters is 1. The number of carbonyl (C=O) groups is 1. The van der Waals surface area contributed by atoms with Crippen LogP contribution in [0.25, 0.3) is 0 Å². The number of methoxy groups -OCH3 is 2. The smallest absolute Gasteiger partial charge is 0.338 e. The third kappa shape index (κ3) is 3.46. The van der Waals surface area contributed by atoms with E-state index in [1.54, 1.807) is 13.0 Å². The highest BCUT2D eigenvalue weighted by molar-refractivity contribution is 6.32. The van der Waals surface area contributed by atoms with Gasteiger partial charge in [-0.05, 0) is 19.1 Å². The first-order valence-corrected chi connectivity index (χ1v) is 6.43. The van der Waals surface area contributed by atoms with Gasteiger partial charge in [-0.15, -0.1) is 0 Å². The lowest BCUT2D eigenvalue weighted by Gasteiger charge is -2.11. The van der Waals surface area contributed by atoms with Gasteiger partial charge in [0, 0.05) is 6.07 Å². The second-order valence-electron chi connectivity index (χ2n) is 4.20. The summed E-state index contributed by atoms with van der Waals surface area (Å²) in [6.45, 7) is 1.77. The predicted molar refractivity (Wildman–Crippen MR) is 74.9 cm³/mol. The molecule has 0 saturated heterocycles. The second kappa shape index (κ2) is 6.49. The van der Waals surface area contributed by atoms with Crippen LogP contribution in [0.4, 0.5) is 0 Å². The molecule has 0 atom stereocenters. The molecule has 0 aliphatic carbocycles. The van der Waals surface area contributed by atoms with Crippen molar-refractivity contribution >= 4 is 17.6 Å². The van der Waals surface area contributed by atoms with E-state index < -0.39 is 5.97 Å². The van der Waals surface area contributed by atoms with Gasteiger partial charge < -0.3 is 18.7 Å². The van der Waals surface area contributed by atoms with Gasteiger partial charge in [-0.1, -0.05) is 16.8 Å². The summed E-state index contributed by atoms with van der Waals surface area (Å²) in [5.41, 5.74) is 0.976. The third-order valence-electron chi connectivity index (χ3n) is 2.69. The molecule has 7 heteroatoms. The van der Waals surface area contributed by atoms with E-state index in [0.29, 0.717) is 17.3 Å². The average Bonchev–Trinajstić information content (AvgIpc) is 2.89. The van der Waals surface area contributed by atoms with Crippen molar-refractivity contribution in [3.63, 3.8) is 0 Å². The second-order valence-corrected chi connectivity index (χ2v) is 4.61. The topological polar surface area (TPSA) is 70.8 Å². The molecule has 21 heavy (non-hydrogen) atoms. The summed E-state index contributed by atoms with van der Waals surface area (Å²) in [6, 6.07) is 4.64. The highest BCUT2D eigenvalue weighted by atomic mass is 35.5. The Hall–Kier alpha value is -2.21. The monoisotopic (exact) mass is 311 g/mol. The normalized spacial score (nSPS) is 10.3. The Balaban J connectivity index is 2.13. The summed E-state index contributed by atoms with van der Waals surface area (Å²) in [6.07, 6.45) is 0. The van der Waals surface area contributed by atoms with Gasteiger partial charge in [0.25, 0.3) is 0 Å². The number of hydrogen-bond donors (Lipinski definition) is 0. The van der Waals surface area contributed by atoms with Gasteiger partial charge in [0.05, 0.1) is 30.5 Å². The third-order valence-corrected chi connectivity index (χ3v) is 2.97. The van der Waals surface area contributed by atoms with E-state index in [1.807, 2.05) is 0 Å². The number of hydrogen-bond acceptors (Lipinski definition) is 6. The molecule has 2 aromatic rings. The van der Waals surface area contributed by atoms with Crippen molar-refractivity contribution in [1.29, 1.82) is 0 Å². The van der Waals surface area contributed by atoms with E-state index >= 15 is 0 Å². The SMILES string of the molecule is COc1cc(C(=O)OCc2cc(C)no2)cc(Cl)c1OC. The van der Waals surface area contributed by atoms with Gasteiger partial charge in [-0.2, -0.15) is 0 Å². The first-order chi connectivity index (χ1) is 10.0. The summed E-state index contributed by atoms with van der Waals surface area (Å²) < 4.78 is 20.3. The molecule has 0 fully saturated rings. The summed E-state index contributed by atoms with van der Waals surface area (Å²) >= 11 is 6.04. The Bertz CT molecular complexity index is 653. The molecule has 0 amide bonds. The van der Waals surface area contributed by atoms with Crippen LogP contribution in [0.5, 0.6) is 11.5 Å². The Morgan fingerprint density at radius 1 is 1.29 bits per heavy atom. The van der Waals surface area contributed by atoms with Crippen molar-refractivity contribution < 1.29 is 23.5 Å². The predicted octanol–water partition coefficient (Wildman–Crippen LogP) is 3.01. The van der Waals surface area contributed by atoms with Crippen LogP contribution in [0.3, 0.4) is 0 Å². The van der Waals surface area contributed by atoms with Crippen LogP contribution < -0.4 is 9.47 Å². The molecule has 0 spiro atoms. The lowest BCUT2D eigenvalue weighted by molar-refractivity contribution is 0.0437. The van der Waals surface area contributed by atoms with Gasteiger partial charge in [-0.3, -0.25) is 0 Å². The van der Waals surface area contributed by atoms with Crippen LogP contribution in [-0.2, 0) is 11.3 Å². The van der Waals surface area contributed by atoms with Crippen molar-refractivity contribution in [3.8, 4) is 11.5 Å². The number of benzene rings is 1. The Morgan fingerprint density at radius 2 is 2.05 bits per heavy atom. The Kier molecular flexibility index (Phi) is 4.70. The van der Waals surface area contributed by atoms with Gasteiger partial charge in [0.15, 0.2) is 23.9 Å². The number of carbonyl (C=O) groups excluding carboxylic acids is 1. The van der Waals surface area contributed by atoms with Gasteiger partial charge >= 0.3 is 5.97 Å². The first-order valence-electron chi connectivity index (χ1n) is 6.06. The highest BCUT2D eigenvalue weighted by Crippen LogP contribution is 2.36. The number of aryl methyl sites for hydroxylation is 1. The fourth-order valence-electron chi connectivity index (χ4n) is 1.74. The van der Waals surface area contributed by atoms with Crippen LogP contribution in [-0.4, -0.2) is 25.3 Å². The van der Waals surface area contributed by atoms with Crippen LogP contribution in [0, 0.1) is 6.92 Å². The maximum atomic E-state index is 12.0. The maximum Gasteiger partial charge on any atom is 0.338 e. The van der Waals surface area contributed by atoms with E-state index in [-0.39, 0.29) is 17.2 Å². The molecule has 0 aliphatic rings. The number of aromatic nitrogens is 1. The molecule has 6 nitrogen and oxygen atoms in total. The fourth-order valence-corrected chi connectivity index (χ4v) is 2.03. The number of nitrogens with zero attached hydrogens (tertiary/aromatic N) is 1. The van der Waals surface area contributed by atoms with Crippen molar-refractivity contribution in [3.05, 3.63) is 40.2 Å². The van der Waals surface area contributed by atoms with Crippen molar-refractivity contribution in [2.75, 3.05) is 14.2 Å². The summed E-state index contributed by atoms with van der Waals surface area (Å²) in [5, 5.41) is 3.97. The molecule has 0 aliphatic heterocycles. The summed E-state index contributed by atoms with van der Waals surface area (Å²) in [5.74, 6) is 0.633. The zero-order valence-corrected chi connectivity index (χ0v) is 12.6. The molecule has 0 bridgehead atoms. The van der Waals surface area contributed by atoms with Gasteiger partial charge in [-0.25, -0.2) is 4.79 Å². The highest BCUT2D eigenvalue weighted by Gasteiger charge is 2.16. The molecule has 112 valence electrons. The molecule has 0 saturated carbocycles. The molecule has 1 aromatic carbocycles. The minimum atomic E-state index is -0.549. The molecule has 1 aromatic heterocycles. The van der Waals surface area contributed by atoms with Crippen LogP contribution in [0.1, 0.15) is 21.8 Å². The number of rotatable bonds is 5. The Morgan fingerprint density at radius 3 is 2.62 bits per heavy atom. The van der Waals surface area contributed by atoms with Crippen molar-refractivity contribution in [2.24, 2.45) is 0 Å².